The smallest absolute Gasteiger partial charge is 0.0931 e. The second-order valence-electron chi connectivity index (χ2n) is 5.74. The number of hydrogen-bond acceptors (Lipinski definition) is 4. The van der Waals surface area contributed by atoms with E-state index in [0.29, 0.717) is 12.5 Å². The summed E-state index contributed by atoms with van der Waals surface area (Å²) < 4.78 is 11.5. The maximum atomic E-state index is 10.6. The summed E-state index contributed by atoms with van der Waals surface area (Å²) in [4.78, 5) is 0. The summed E-state index contributed by atoms with van der Waals surface area (Å²) in [6, 6.07) is 0. The van der Waals surface area contributed by atoms with E-state index in [1.54, 1.807) is 0 Å². The molecule has 3 fully saturated rings. The van der Waals surface area contributed by atoms with Gasteiger partial charge in [-0.1, -0.05) is 0 Å². The number of aliphatic hydroxyl groups is 1. The van der Waals surface area contributed by atoms with Crippen molar-refractivity contribution in [3.63, 3.8) is 0 Å². The van der Waals surface area contributed by atoms with Gasteiger partial charge in [-0.3, -0.25) is 0 Å². The number of hydrogen-bond donors (Lipinski definition) is 1. The molecule has 3 heterocycles. The van der Waals surface area contributed by atoms with Crippen LogP contribution in [0.3, 0.4) is 0 Å². The monoisotopic (exact) mass is 258 g/mol. The normalized spacial score (nSPS) is 41.8. The molecule has 3 aliphatic rings. The van der Waals surface area contributed by atoms with Gasteiger partial charge in [-0.2, -0.15) is 11.8 Å². The molecule has 1 N–H and O–H groups in total. The third kappa shape index (κ3) is 2.37. The van der Waals surface area contributed by atoms with Gasteiger partial charge in [0.05, 0.1) is 17.8 Å². The van der Waals surface area contributed by atoms with Crippen molar-refractivity contribution in [1.29, 1.82) is 0 Å². The Kier molecular flexibility index (Phi) is 3.41. The first-order valence-corrected chi connectivity index (χ1v) is 7.90. The fraction of sp³-hybridized carbons (Fsp3) is 1.00. The molecule has 98 valence electrons. The Hall–Kier alpha value is 0.230. The molecule has 3 rings (SSSR count). The van der Waals surface area contributed by atoms with Gasteiger partial charge >= 0.3 is 0 Å². The maximum Gasteiger partial charge on any atom is 0.0931 e. The zero-order valence-corrected chi connectivity index (χ0v) is 11.1. The van der Waals surface area contributed by atoms with Crippen LogP contribution in [-0.4, -0.2) is 47.6 Å². The Morgan fingerprint density at radius 1 is 1.12 bits per heavy atom. The molecule has 0 aromatic rings. The topological polar surface area (TPSA) is 38.7 Å². The third-order valence-electron chi connectivity index (χ3n) is 4.69. The maximum absolute atomic E-state index is 10.6. The fourth-order valence-electron chi connectivity index (χ4n) is 3.47. The number of ether oxygens (including phenoxy) is 2. The summed E-state index contributed by atoms with van der Waals surface area (Å²) in [6.07, 6.45) is 5.15. The molecule has 1 spiro atoms. The lowest BCUT2D eigenvalue weighted by atomic mass is 9.73. The van der Waals surface area contributed by atoms with Crippen molar-refractivity contribution in [3.05, 3.63) is 0 Å². The van der Waals surface area contributed by atoms with Gasteiger partial charge in [-0.25, -0.2) is 0 Å². The van der Waals surface area contributed by atoms with Crippen LogP contribution in [0.4, 0.5) is 0 Å². The molecule has 3 nitrogen and oxygen atoms in total. The van der Waals surface area contributed by atoms with Crippen LogP contribution < -0.4 is 0 Å². The van der Waals surface area contributed by atoms with Crippen molar-refractivity contribution >= 4 is 11.8 Å². The molecule has 0 aliphatic carbocycles. The summed E-state index contributed by atoms with van der Waals surface area (Å²) in [7, 11) is 0. The van der Waals surface area contributed by atoms with E-state index in [4.69, 9.17) is 9.47 Å². The highest BCUT2D eigenvalue weighted by Gasteiger charge is 2.47. The Bertz CT molecular complexity index is 264. The Labute approximate surface area is 107 Å². The van der Waals surface area contributed by atoms with E-state index in [2.05, 4.69) is 0 Å². The lowest BCUT2D eigenvalue weighted by Crippen LogP contribution is -2.50. The SMILES string of the molecule is OC1(C2CCOC3(CCSCC3)C2)CCOC1. The molecule has 2 atom stereocenters. The molecule has 4 heteroatoms. The predicted molar refractivity (Wildman–Crippen MR) is 68.4 cm³/mol. The molecule has 0 aromatic carbocycles. The van der Waals surface area contributed by atoms with Crippen molar-refractivity contribution in [2.45, 2.75) is 43.3 Å². The van der Waals surface area contributed by atoms with Gasteiger partial charge in [0.25, 0.3) is 0 Å². The summed E-state index contributed by atoms with van der Waals surface area (Å²) >= 11 is 2.03. The molecule has 0 bridgehead atoms. The van der Waals surface area contributed by atoms with Gasteiger partial charge in [0.2, 0.25) is 0 Å². The summed E-state index contributed by atoms with van der Waals surface area (Å²) in [5.41, 5.74) is -0.492. The van der Waals surface area contributed by atoms with Crippen LogP contribution in [0, 0.1) is 5.92 Å². The molecular weight excluding hydrogens is 236 g/mol. The van der Waals surface area contributed by atoms with Crippen LogP contribution in [-0.2, 0) is 9.47 Å². The van der Waals surface area contributed by atoms with Gasteiger partial charge in [0.1, 0.15) is 0 Å². The summed E-state index contributed by atoms with van der Waals surface area (Å²) in [5.74, 6) is 2.80. The molecule has 0 amide bonds. The van der Waals surface area contributed by atoms with Crippen LogP contribution in [0.5, 0.6) is 0 Å². The molecule has 3 saturated heterocycles. The van der Waals surface area contributed by atoms with E-state index < -0.39 is 5.60 Å². The minimum atomic E-state index is -0.568. The molecule has 17 heavy (non-hydrogen) atoms. The second-order valence-corrected chi connectivity index (χ2v) is 6.96. The van der Waals surface area contributed by atoms with E-state index in [0.717, 1.165) is 45.3 Å². The van der Waals surface area contributed by atoms with Crippen LogP contribution in [0.25, 0.3) is 0 Å². The Balaban J connectivity index is 1.70. The van der Waals surface area contributed by atoms with Gasteiger partial charge in [0, 0.05) is 19.6 Å². The third-order valence-corrected chi connectivity index (χ3v) is 5.67. The largest absolute Gasteiger partial charge is 0.387 e. The highest BCUT2D eigenvalue weighted by molar-refractivity contribution is 7.99. The Morgan fingerprint density at radius 3 is 2.65 bits per heavy atom. The van der Waals surface area contributed by atoms with Crippen LogP contribution in [0.1, 0.15) is 32.1 Å². The van der Waals surface area contributed by atoms with E-state index in [1.807, 2.05) is 11.8 Å². The zero-order chi connectivity index (χ0) is 11.8. The summed E-state index contributed by atoms with van der Waals surface area (Å²) in [5, 5.41) is 10.6. The molecule has 0 aromatic heterocycles. The van der Waals surface area contributed by atoms with Gasteiger partial charge in [-0.15, -0.1) is 0 Å². The van der Waals surface area contributed by atoms with Crippen LogP contribution in [0.15, 0.2) is 0 Å². The van der Waals surface area contributed by atoms with Gasteiger partial charge in [-0.05, 0) is 43.1 Å². The lowest BCUT2D eigenvalue weighted by molar-refractivity contribution is -0.146. The molecule has 3 aliphatic heterocycles. The van der Waals surface area contributed by atoms with Gasteiger partial charge < -0.3 is 14.6 Å². The summed E-state index contributed by atoms with van der Waals surface area (Å²) in [6.45, 7) is 2.07. The van der Waals surface area contributed by atoms with E-state index in [-0.39, 0.29) is 5.60 Å². The molecule has 0 saturated carbocycles. The van der Waals surface area contributed by atoms with Crippen LogP contribution >= 0.6 is 11.8 Å². The van der Waals surface area contributed by atoms with E-state index >= 15 is 0 Å². The minimum absolute atomic E-state index is 0.0759. The van der Waals surface area contributed by atoms with E-state index in [9.17, 15) is 5.11 Å². The molecular formula is C13H22O3S. The van der Waals surface area contributed by atoms with Gasteiger partial charge in [0.15, 0.2) is 0 Å². The Morgan fingerprint density at radius 2 is 1.94 bits per heavy atom. The average Bonchev–Trinajstić information content (AvgIpc) is 2.79. The standard InChI is InChI=1S/C13H22O3S/c14-13(2-6-15-10-13)11-1-5-16-12(9-11)3-7-17-8-4-12/h11,14H,1-10H2. The van der Waals surface area contributed by atoms with Crippen molar-refractivity contribution in [2.75, 3.05) is 31.3 Å². The number of thioether (sulfide) groups is 1. The minimum Gasteiger partial charge on any atom is -0.387 e. The zero-order valence-electron chi connectivity index (χ0n) is 10.3. The highest BCUT2D eigenvalue weighted by Crippen LogP contribution is 2.44. The first kappa shape index (κ1) is 12.3. The first-order chi connectivity index (χ1) is 8.23. The highest BCUT2D eigenvalue weighted by atomic mass is 32.2. The van der Waals surface area contributed by atoms with Crippen molar-refractivity contribution in [3.8, 4) is 0 Å². The van der Waals surface area contributed by atoms with Crippen molar-refractivity contribution in [2.24, 2.45) is 5.92 Å². The van der Waals surface area contributed by atoms with Crippen molar-refractivity contribution in [1.82, 2.24) is 0 Å². The fourth-order valence-corrected chi connectivity index (χ4v) is 4.71. The van der Waals surface area contributed by atoms with Crippen LogP contribution in [0.2, 0.25) is 0 Å². The van der Waals surface area contributed by atoms with E-state index in [1.165, 1.54) is 11.5 Å². The first-order valence-electron chi connectivity index (χ1n) is 6.74. The number of rotatable bonds is 1. The van der Waals surface area contributed by atoms with Crippen molar-refractivity contribution < 1.29 is 14.6 Å². The average molecular weight is 258 g/mol. The predicted octanol–water partition coefficient (Wildman–Crippen LogP) is 1.83. The quantitative estimate of drug-likeness (QED) is 0.779. The molecule has 2 unspecified atom stereocenters. The lowest BCUT2D eigenvalue weighted by Gasteiger charge is -2.46. The molecule has 0 radical (unpaired) electrons. The second kappa shape index (κ2) is 4.72.